The largest absolute Gasteiger partial charge is 0.299 e. The maximum absolute atomic E-state index is 4.96. The van der Waals surface area contributed by atoms with Crippen molar-refractivity contribution in [1.82, 2.24) is 39.4 Å². The molecular formula is C29H24N8. The zero-order chi connectivity index (χ0) is 24.8. The lowest BCUT2D eigenvalue weighted by molar-refractivity contribution is 0.172. The van der Waals surface area contributed by atoms with Gasteiger partial charge in [-0.2, -0.15) is 5.10 Å². The van der Waals surface area contributed by atoms with Crippen LogP contribution in [0.5, 0.6) is 0 Å². The Morgan fingerprint density at radius 2 is 1.76 bits per heavy atom. The van der Waals surface area contributed by atoms with Crippen molar-refractivity contribution < 1.29 is 0 Å². The quantitative estimate of drug-likeness (QED) is 0.341. The van der Waals surface area contributed by atoms with E-state index in [9.17, 15) is 0 Å². The van der Waals surface area contributed by atoms with E-state index in [0.29, 0.717) is 17.0 Å². The number of likely N-dealkylation sites (tertiary alicyclic amines) is 1. The van der Waals surface area contributed by atoms with Gasteiger partial charge >= 0.3 is 0 Å². The molecule has 0 saturated carbocycles. The van der Waals surface area contributed by atoms with Crippen LogP contribution in [0.2, 0.25) is 0 Å². The zero-order valence-electron chi connectivity index (χ0n) is 20.4. The van der Waals surface area contributed by atoms with Crippen LogP contribution in [0.25, 0.3) is 50.5 Å². The minimum atomic E-state index is 0.657. The molecule has 0 aliphatic carbocycles. The van der Waals surface area contributed by atoms with Crippen LogP contribution in [0.3, 0.4) is 0 Å². The Morgan fingerprint density at radius 3 is 2.54 bits per heavy atom. The molecule has 1 aromatic carbocycles. The number of nitrogens with zero attached hydrogens (tertiary/aromatic N) is 8. The van der Waals surface area contributed by atoms with Gasteiger partial charge < -0.3 is 0 Å². The molecule has 8 heteroatoms. The van der Waals surface area contributed by atoms with Crippen molar-refractivity contribution in [3.8, 4) is 33.8 Å². The Labute approximate surface area is 213 Å². The monoisotopic (exact) mass is 484 g/mol. The number of hydrogen-bond donors (Lipinski definition) is 0. The molecular weight excluding hydrogens is 460 g/mol. The number of aryl methyl sites for hydroxylation is 1. The van der Waals surface area contributed by atoms with E-state index >= 15 is 0 Å². The molecule has 1 saturated heterocycles. The van der Waals surface area contributed by atoms with Gasteiger partial charge in [-0.3, -0.25) is 14.9 Å². The molecule has 6 heterocycles. The van der Waals surface area contributed by atoms with Gasteiger partial charge in [-0.25, -0.2) is 19.5 Å². The molecule has 0 amide bonds. The second-order valence-corrected chi connectivity index (χ2v) is 9.41. The lowest BCUT2D eigenvalue weighted by Gasteiger charge is -2.30. The Bertz CT molecular complexity index is 1740. The molecule has 1 aliphatic heterocycles. The van der Waals surface area contributed by atoms with E-state index in [2.05, 4.69) is 56.3 Å². The second-order valence-electron chi connectivity index (χ2n) is 9.41. The summed E-state index contributed by atoms with van der Waals surface area (Å²) in [6, 6.07) is 16.9. The number of rotatable bonds is 5. The van der Waals surface area contributed by atoms with Crippen molar-refractivity contribution in [1.29, 1.82) is 0 Å². The average molecular weight is 485 g/mol. The normalized spacial score (nSPS) is 13.8. The van der Waals surface area contributed by atoms with Gasteiger partial charge in [-0.1, -0.05) is 24.3 Å². The van der Waals surface area contributed by atoms with Crippen molar-refractivity contribution in [3.63, 3.8) is 0 Å². The van der Waals surface area contributed by atoms with Crippen LogP contribution in [0.15, 0.2) is 79.5 Å². The maximum Gasteiger partial charge on any atom is 0.159 e. The molecule has 180 valence electrons. The van der Waals surface area contributed by atoms with E-state index in [1.54, 1.807) is 24.8 Å². The van der Waals surface area contributed by atoms with Crippen LogP contribution < -0.4 is 0 Å². The molecule has 6 aromatic rings. The lowest BCUT2D eigenvalue weighted by Crippen LogP contribution is -2.36. The van der Waals surface area contributed by atoms with Gasteiger partial charge in [0.2, 0.25) is 0 Å². The highest BCUT2D eigenvalue weighted by molar-refractivity contribution is 5.88. The van der Waals surface area contributed by atoms with Gasteiger partial charge in [0, 0.05) is 41.6 Å². The summed E-state index contributed by atoms with van der Waals surface area (Å²) in [5.74, 6) is 0. The number of hydrogen-bond acceptors (Lipinski definition) is 7. The summed E-state index contributed by atoms with van der Waals surface area (Å²) in [5.41, 5.74) is 9.01. The fraction of sp³-hybridized carbons (Fsp3) is 0.172. The molecule has 0 radical (unpaired) electrons. The molecule has 0 N–H and O–H groups in total. The SMILES string of the molecule is Cc1nn2c(-c3cc4cccnc4nc3-c3cnccn3)cnc2cc1-c1ccc(CN2CCC2)cc1. The summed E-state index contributed by atoms with van der Waals surface area (Å²) in [5, 5.41) is 5.90. The molecule has 0 bridgehead atoms. The van der Waals surface area contributed by atoms with Gasteiger partial charge in [0.15, 0.2) is 11.3 Å². The summed E-state index contributed by atoms with van der Waals surface area (Å²) < 4.78 is 1.89. The van der Waals surface area contributed by atoms with E-state index in [1.807, 2.05) is 29.8 Å². The van der Waals surface area contributed by atoms with Gasteiger partial charge in [0.1, 0.15) is 11.4 Å². The summed E-state index contributed by atoms with van der Waals surface area (Å²) in [7, 11) is 0. The molecule has 5 aromatic heterocycles. The Balaban J connectivity index is 1.33. The number of aromatic nitrogens is 7. The minimum Gasteiger partial charge on any atom is -0.299 e. The summed E-state index contributed by atoms with van der Waals surface area (Å²) in [6.07, 6.45) is 9.94. The van der Waals surface area contributed by atoms with E-state index in [0.717, 1.165) is 45.7 Å². The third-order valence-corrected chi connectivity index (χ3v) is 6.97. The van der Waals surface area contributed by atoms with Gasteiger partial charge in [0.25, 0.3) is 0 Å². The molecule has 1 aliphatic rings. The molecule has 0 spiro atoms. The summed E-state index contributed by atoms with van der Waals surface area (Å²) in [6.45, 7) is 5.46. The predicted octanol–water partition coefficient (Wildman–Crippen LogP) is 4.98. The van der Waals surface area contributed by atoms with Crippen molar-refractivity contribution in [2.24, 2.45) is 0 Å². The third kappa shape index (κ3) is 3.91. The fourth-order valence-electron chi connectivity index (χ4n) is 4.88. The smallest absolute Gasteiger partial charge is 0.159 e. The van der Waals surface area contributed by atoms with E-state index in [1.165, 1.54) is 25.1 Å². The first kappa shape index (κ1) is 21.7. The fourth-order valence-corrected chi connectivity index (χ4v) is 4.88. The molecule has 37 heavy (non-hydrogen) atoms. The molecule has 7 rings (SSSR count). The van der Waals surface area contributed by atoms with Crippen LogP contribution in [0.4, 0.5) is 0 Å². The Kier molecular flexibility index (Phi) is 5.18. The van der Waals surface area contributed by atoms with Gasteiger partial charge in [-0.15, -0.1) is 0 Å². The number of fused-ring (bicyclic) bond motifs is 2. The zero-order valence-corrected chi connectivity index (χ0v) is 20.4. The summed E-state index contributed by atoms with van der Waals surface area (Å²) >= 11 is 0. The topological polar surface area (TPSA) is 85.0 Å². The maximum atomic E-state index is 4.96. The number of imidazole rings is 1. The van der Waals surface area contributed by atoms with E-state index < -0.39 is 0 Å². The van der Waals surface area contributed by atoms with Crippen molar-refractivity contribution in [2.45, 2.75) is 19.9 Å². The second kappa shape index (κ2) is 8.83. The number of benzene rings is 1. The van der Waals surface area contributed by atoms with Gasteiger partial charge in [0.05, 0.1) is 23.8 Å². The highest BCUT2D eigenvalue weighted by atomic mass is 15.3. The van der Waals surface area contributed by atoms with Gasteiger partial charge in [-0.05, 0) is 61.8 Å². The van der Waals surface area contributed by atoms with Crippen LogP contribution in [0.1, 0.15) is 17.7 Å². The average Bonchev–Trinajstić information content (AvgIpc) is 3.33. The van der Waals surface area contributed by atoms with E-state index in [-0.39, 0.29) is 0 Å². The van der Waals surface area contributed by atoms with Crippen molar-refractivity contribution in [3.05, 3.63) is 90.8 Å². The van der Waals surface area contributed by atoms with Crippen LogP contribution in [0, 0.1) is 6.92 Å². The molecule has 0 atom stereocenters. The predicted molar refractivity (Wildman–Crippen MR) is 143 cm³/mol. The van der Waals surface area contributed by atoms with Crippen molar-refractivity contribution in [2.75, 3.05) is 13.1 Å². The van der Waals surface area contributed by atoms with E-state index in [4.69, 9.17) is 15.1 Å². The van der Waals surface area contributed by atoms with Crippen molar-refractivity contribution >= 4 is 16.7 Å². The third-order valence-electron chi connectivity index (χ3n) is 6.97. The molecule has 0 unspecified atom stereocenters. The van der Waals surface area contributed by atoms with Crippen LogP contribution in [-0.2, 0) is 6.54 Å². The highest BCUT2D eigenvalue weighted by Crippen LogP contribution is 2.33. The number of pyridine rings is 2. The Morgan fingerprint density at radius 1 is 0.865 bits per heavy atom. The minimum absolute atomic E-state index is 0.657. The van der Waals surface area contributed by atoms with Crippen LogP contribution >= 0.6 is 0 Å². The lowest BCUT2D eigenvalue weighted by atomic mass is 10.0. The first-order chi connectivity index (χ1) is 18.2. The first-order valence-corrected chi connectivity index (χ1v) is 12.4. The van der Waals surface area contributed by atoms with Crippen LogP contribution in [-0.4, -0.2) is 52.5 Å². The molecule has 8 nitrogen and oxygen atoms in total. The molecule has 1 fully saturated rings. The highest BCUT2D eigenvalue weighted by Gasteiger charge is 2.19. The Hall–Kier alpha value is -4.56. The summed E-state index contributed by atoms with van der Waals surface area (Å²) in [4.78, 5) is 25.2. The first-order valence-electron chi connectivity index (χ1n) is 12.4. The standard InChI is InChI=1S/C29H24N8/c1-19-23(21-7-5-20(6-8-21)18-36-12-3-13-36)15-27-33-17-26(37(27)35-19)24-14-22-4-2-9-32-29(22)34-28(24)25-16-30-10-11-31-25/h2,4-11,14-17H,3,12-13,18H2,1H3.